The second kappa shape index (κ2) is 6.75. The van der Waals surface area contributed by atoms with E-state index in [2.05, 4.69) is 10.3 Å². The average Bonchev–Trinajstić information content (AvgIpc) is 3.33. The van der Waals surface area contributed by atoms with E-state index in [1.807, 2.05) is 24.3 Å². The molecule has 2 aromatic heterocycles. The fraction of sp³-hybridized carbons (Fsp3) is 0.250. The van der Waals surface area contributed by atoms with Gasteiger partial charge in [-0.15, -0.1) is 0 Å². The second-order valence-electron chi connectivity index (χ2n) is 6.79. The van der Waals surface area contributed by atoms with Crippen molar-refractivity contribution in [1.29, 1.82) is 0 Å². The number of carbonyl (C=O) groups is 2. The number of benzene rings is 1. The Hall–Kier alpha value is -3.35. The summed E-state index contributed by atoms with van der Waals surface area (Å²) in [4.78, 5) is 41.1. The predicted octanol–water partition coefficient (Wildman–Crippen LogP) is 2.29. The van der Waals surface area contributed by atoms with Crippen molar-refractivity contribution in [2.24, 2.45) is 0 Å². The smallest absolute Gasteiger partial charge is 0.260 e. The fourth-order valence-electron chi connectivity index (χ4n) is 3.00. The molecule has 2 amide bonds. The van der Waals surface area contributed by atoms with Gasteiger partial charge in [0.1, 0.15) is 11.1 Å². The lowest BCUT2D eigenvalue weighted by molar-refractivity contribution is 0.0784. The summed E-state index contributed by atoms with van der Waals surface area (Å²) in [5.74, 6) is -0.730. The maximum Gasteiger partial charge on any atom is 0.260 e. The number of hydrogen-bond acceptors (Lipinski definition) is 4. The second-order valence-corrected chi connectivity index (χ2v) is 6.79. The van der Waals surface area contributed by atoms with Crippen molar-refractivity contribution in [3.8, 4) is 0 Å². The third-order valence-corrected chi connectivity index (χ3v) is 4.65. The number of aromatic amines is 1. The summed E-state index contributed by atoms with van der Waals surface area (Å²) in [6, 6.07) is 9.02. The van der Waals surface area contributed by atoms with Crippen LogP contribution in [0, 0.1) is 0 Å². The summed E-state index contributed by atoms with van der Waals surface area (Å²) < 4.78 is 5.38. The van der Waals surface area contributed by atoms with Crippen LogP contribution in [0.3, 0.4) is 0 Å². The number of pyridine rings is 1. The molecule has 1 aromatic carbocycles. The number of rotatable bonds is 5. The highest BCUT2D eigenvalue weighted by molar-refractivity contribution is 5.99. The number of carbonyl (C=O) groups excluding carboxylic acids is 2. The molecule has 1 saturated carbocycles. The Bertz CT molecular complexity index is 1080. The zero-order valence-electron chi connectivity index (χ0n) is 14.8. The van der Waals surface area contributed by atoms with Crippen LogP contribution in [0.5, 0.6) is 0 Å². The largest absolute Gasteiger partial charge is 0.464 e. The molecule has 27 heavy (non-hydrogen) atoms. The van der Waals surface area contributed by atoms with Crippen LogP contribution in [0.4, 0.5) is 0 Å². The number of nitrogens with one attached hydrogen (secondary N) is 2. The summed E-state index contributed by atoms with van der Waals surface area (Å²) in [6.45, 7) is 0.313. The Labute approximate surface area is 155 Å². The fourth-order valence-corrected chi connectivity index (χ4v) is 3.00. The van der Waals surface area contributed by atoms with E-state index in [9.17, 15) is 14.4 Å². The highest BCUT2D eigenvalue weighted by Gasteiger charge is 2.25. The number of furan rings is 1. The van der Waals surface area contributed by atoms with Crippen LogP contribution in [-0.4, -0.2) is 34.8 Å². The lowest BCUT2D eigenvalue weighted by Gasteiger charge is -2.17. The third kappa shape index (κ3) is 3.48. The first-order chi connectivity index (χ1) is 13.0. The maximum absolute atomic E-state index is 12.8. The van der Waals surface area contributed by atoms with Crippen LogP contribution in [0.15, 0.2) is 52.0 Å². The number of nitrogens with zero attached hydrogens (tertiary/aromatic N) is 1. The van der Waals surface area contributed by atoms with Crippen molar-refractivity contribution in [3.05, 3.63) is 69.8 Å². The van der Waals surface area contributed by atoms with Crippen LogP contribution >= 0.6 is 0 Å². The first kappa shape index (κ1) is 17.1. The van der Waals surface area contributed by atoms with Crippen LogP contribution < -0.4 is 10.9 Å². The van der Waals surface area contributed by atoms with Crippen molar-refractivity contribution in [3.63, 3.8) is 0 Å². The number of aromatic nitrogens is 1. The van der Waals surface area contributed by atoms with Crippen molar-refractivity contribution in [2.45, 2.75) is 25.4 Å². The molecule has 1 aliphatic carbocycles. The molecule has 138 valence electrons. The molecule has 1 aliphatic rings. The van der Waals surface area contributed by atoms with Gasteiger partial charge in [-0.1, -0.05) is 12.1 Å². The van der Waals surface area contributed by atoms with E-state index in [0.717, 1.165) is 29.4 Å². The molecular formula is C20H19N3O4. The molecule has 1 fully saturated rings. The molecule has 0 bridgehead atoms. The molecule has 0 radical (unpaired) electrons. The molecule has 4 rings (SSSR count). The molecule has 0 spiro atoms. The minimum absolute atomic E-state index is 0.0553. The first-order valence-electron chi connectivity index (χ1n) is 8.77. The Kier molecular flexibility index (Phi) is 4.27. The Morgan fingerprint density at radius 1 is 1.30 bits per heavy atom. The van der Waals surface area contributed by atoms with E-state index in [4.69, 9.17) is 4.42 Å². The number of fused-ring (bicyclic) bond motifs is 1. The van der Waals surface area contributed by atoms with Gasteiger partial charge in [-0.05, 0) is 36.6 Å². The zero-order chi connectivity index (χ0) is 19.0. The summed E-state index contributed by atoms with van der Waals surface area (Å²) >= 11 is 0. The van der Waals surface area contributed by atoms with Crippen molar-refractivity contribution >= 4 is 22.8 Å². The van der Waals surface area contributed by atoms with Gasteiger partial charge >= 0.3 is 0 Å². The van der Waals surface area contributed by atoms with Gasteiger partial charge in [0.15, 0.2) is 0 Å². The molecule has 0 atom stereocenters. The van der Waals surface area contributed by atoms with Gasteiger partial charge < -0.3 is 19.6 Å². The molecule has 7 nitrogen and oxygen atoms in total. The molecule has 0 saturated heterocycles. The van der Waals surface area contributed by atoms with E-state index < -0.39 is 11.5 Å². The highest BCUT2D eigenvalue weighted by atomic mass is 16.3. The number of amides is 2. The van der Waals surface area contributed by atoms with Gasteiger partial charge in [-0.3, -0.25) is 14.4 Å². The van der Waals surface area contributed by atoms with E-state index in [-0.39, 0.29) is 23.1 Å². The molecule has 0 unspecified atom stereocenters. The lowest BCUT2D eigenvalue weighted by atomic mass is 10.1. The van der Waals surface area contributed by atoms with Gasteiger partial charge in [0, 0.05) is 31.2 Å². The minimum Gasteiger partial charge on any atom is -0.464 e. The SMILES string of the molecule is CN(Cc1cccc2occc12)C(=O)c1cc(C(=O)NC2CC2)c[nH]c1=O. The monoisotopic (exact) mass is 365 g/mol. The molecule has 2 N–H and O–H groups in total. The molecule has 3 aromatic rings. The third-order valence-electron chi connectivity index (χ3n) is 4.65. The quantitative estimate of drug-likeness (QED) is 0.725. The predicted molar refractivity (Wildman–Crippen MR) is 99.6 cm³/mol. The highest BCUT2D eigenvalue weighted by Crippen LogP contribution is 2.21. The van der Waals surface area contributed by atoms with Crippen molar-refractivity contribution < 1.29 is 14.0 Å². The Morgan fingerprint density at radius 3 is 2.89 bits per heavy atom. The average molecular weight is 365 g/mol. The van der Waals surface area contributed by atoms with Crippen LogP contribution in [0.1, 0.15) is 39.1 Å². The van der Waals surface area contributed by atoms with Crippen molar-refractivity contribution in [2.75, 3.05) is 7.05 Å². The molecular weight excluding hydrogens is 346 g/mol. The van der Waals surface area contributed by atoms with Crippen molar-refractivity contribution in [1.82, 2.24) is 15.2 Å². The standard InChI is InChI=1S/C20H19N3O4/c1-23(11-12-3-2-4-17-15(12)7-8-27-17)20(26)16-9-13(10-21-19(16)25)18(24)22-14-5-6-14/h2-4,7-10,14H,5-6,11H2,1H3,(H,21,25)(H,22,24). The first-order valence-corrected chi connectivity index (χ1v) is 8.77. The van der Waals surface area contributed by atoms with Gasteiger partial charge in [-0.2, -0.15) is 0 Å². The Balaban J connectivity index is 1.57. The van der Waals surface area contributed by atoms with Gasteiger partial charge in [0.25, 0.3) is 17.4 Å². The van der Waals surface area contributed by atoms with Gasteiger partial charge in [0.05, 0.1) is 11.8 Å². The van der Waals surface area contributed by atoms with Crippen LogP contribution in [0.25, 0.3) is 11.0 Å². The van der Waals surface area contributed by atoms with E-state index in [0.29, 0.717) is 6.54 Å². The van der Waals surface area contributed by atoms with Crippen LogP contribution in [0.2, 0.25) is 0 Å². The summed E-state index contributed by atoms with van der Waals surface area (Å²) in [5.41, 5.74) is 1.35. The molecule has 0 aliphatic heterocycles. The topological polar surface area (TPSA) is 95.4 Å². The van der Waals surface area contributed by atoms with Gasteiger partial charge in [0.2, 0.25) is 0 Å². The zero-order valence-corrected chi connectivity index (χ0v) is 14.8. The normalized spacial score (nSPS) is 13.5. The van der Waals surface area contributed by atoms with E-state index in [1.54, 1.807) is 13.3 Å². The number of H-pyrrole nitrogens is 1. The molecule has 2 heterocycles. The lowest BCUT2D eigenvalue weighted by Crippen LogP contribution is -2.33. The van der Waals surface area contributed by atoms with Crippen LogP contribution in [-0.2, 0) is 6.54 Å². The van der Waals surface area contributed by atoms with E-state index in [1.165, 1.54) is 17.2 Å². The summed E-state index contributed by atoms with van der Waals surface area (Å²) in [6.07, 6.45) is 4.86. The van der Waals surface area contributed by atoms with E-state index >= 15 is 0 Å². The minimum atomic E-state index is -0.517. The molecule has 7 heteroatoms. The summed E-state index contributed by atoms with van der Waals surface area (Å²) in [7, 11) is 1.62. The number of hydrogen-bond donors (Lipinski definition) is 2. The Morgan fingerprint density at radius 2 is 2.11 bits per heavy atom. The maximum atomic E-state index is 12.8. The van der Waals surface area contributed by atoms with Gasteiger partial charge in [-0.25, -0.2) is 0 Å². The summed E-state index contributed by atoms with van der Waals surface area (Å²) in [5, 5.41) is 3.77.